The van der Waals surface area contributed by atoms with E-state index in [1.165, 1.54) is 5.56 Å². The van der Waals surface area contributed by atoms with Crippen LogP contribution in [0.5, 0.6) is 0 Å². The molecule has 1 fully saturated rings. The van der Waals surface area contributed by atoms with Crippen molar-refractivity contribution in [2.24, 2.45) is 0 Å². The van der Waals surface area contributed by atoms with Crippen LogP contribution in [0.1, 0.15) is 5.56 Å². The lowest BCUT2D eigenvalue weighted by molar-refractivity contribution is 0.129. The van der Waals surface area contributed by atoms with Crippen LogP contribution in [0.2, 0.25) is 0 Å². The van der Waals surface area contributed by atoms with E-state index >= 15 is 0 Å². The normalized spacial score (nSPS) is 18.8. The standard InChI is InChI=1S/C13H20N3/c14-6-7-15-8-10-16(11-9-15)12-13-4-2-1-3-5-13/h1-5,14H,6-12H2. The first kappa shape index (κ1) is 11.6. The van der Waals surface area contributed by atoms with Gasteiger partial charge >= 0.3 is 0 Å². The van der Waals surface area contributed by atoms with E-state index in [0.29, 0.717) is 6.54 Å². The van der Waals surface area contributed by atoms with Gasteiger partial charge in [0.15, 0.2) is 0 Å². The van der Waals surface area contributed by atoms with Gasteiger partial charge in [0.2, 0.25) is 0 Å². The SMILES string of the molecule is [NH]CCN1CCN(Cc2ccccc2)CC1. The minimum absolute atomic E-state index is 0.526. The summed E-state index contributed by atoms with van der Waals surface area (Å²) in [5, 5.41) is 0. The Morgan fingerprint density at radius 3 is 2.19 bits per heavy atom. The van der Waals surface area contributed by atoms with Crippen molar-refractivity contribution in [1.29, 1.82) is 0 Å². The Labute approximate surface area is 97.8 Å². The van der Waals surface area contributed by atoms with E-state index in [1.54, 1.807) is 0 Å². The summed E-state index contributed by atoms with van der Waals surface area (Å²) in [6.07, 6.45) is 0. The molecular formula is C13H20N3. The van der Waals surface area contributed by atoms with Crippen molar-refractivity contribution >= 4 is 0 Å². The third-order valence-electron chi connectivity index (χ3n) is 3.14. The highest BCUT2D eigenvalue weighted by Gasteiger charge is 2.15. The lowest BCUT2D eigenvalue weighted by Crippen LogP contribution is -2.46. The van der Waals surface area contributed by atoms with Gasteiger partial charge in [-0.2, -0.15) is 0 Å². The van der Waals surface area contributed by atoms with Crippen molar-refractivity contribution in [2.45, 2.75) is 6.54 Å². The third-order valence-corrected chi connectivity index (χ3v) is 3.14. The van der Waals surface area contributed by atoms with Crippen LogP contribution in [0.4, 0.5) is 0 Å². The first-order valence-electron chi connectivity index (χ1n) is 6.02. The highest BCUT2D eigenvalue weighted by atomic mass is 15.3. The first-order chi connectivity index (χ1) is 7.88. The van der Waals surface area contributed by atoms with Gasteiger partial charge in [0.05, 0.1) is 0 Å². The van der Waals surface area contributed by atoms with Gasteiger partial charge in [-0.1, -0.05) is 30.3 Å². The second kappa shape index (κ2) is 5.99. The first-order valence-corrected chi connectivity index (χ1v) is 6.02. The number of rotatable bonds is 4. The molecule has 1 aromatic rings. The van der Waals surface area contributed by atoms with Gasteiger partial charge in [-0.05, 0) is 5.56 Å². The van der Waals surface area contributed by atoms with Gasteiger partial charge in [-0.3, -0.25) is 15.5 Å². The molecule has 0 aromatic heterocycles. The maximum absolute atomic E-state index is 7.21. The van der Waals surface area contributed by atoms with Crippen LogP contribution in [0, 0.1) is 0 Å². The second-order valence-corrected chi connectivity index (χ2v) is 4.35. The predicted molar refractivity (Wildman–Crippen MR) is 66.1 cm³/mol. The molecule has 87 valence electrons. The van der Waals surface area contributed by atoms with Crippen molar-refractivity contribution < 1.29 is 0 Å². The lowest BCUT2D eigenvalue weighted by atomic mass is 10.2. The van der Waals surface area contributed by atoms with E-state index in [9.17, 15) is 0 Å². The number of hydrogen-bond donors (Lipinski definition) is 0. The molecule has 3 heteroatoms. The predicted octanol–water partition coefficient (Wildman–Crippen LogP) is 1.09. The number of benzene rings is 1. The van der Waals surface area contributed by atoms with Crippen molar-refractivity contribution in [1.82, 2.24) is 15.5 Å². The van der Waals surface area contributed by atoms with Gasteiger partial charge in [-0.25, -0.2) is 0 Å². The average molecular weight is 218 g/mol. The Kier molecular flexibility index (Phi) is 4.34. The maximum Gasteiger partial charge on any atom is 0.0234 e. The Balaban J connectivity index is 1.77. The molecule has 0 atom stereocenters. The van der Waals surface area contributed by atoms with Crippen molar-refractivity contribution in [2.75, 3.05) is 39.3 Å². The molecule has 1 heterocycles. The molecular weight excluding hydrogens is 198 g/mol. The van der Waals surface area contributed by atoms with Crippen LogP contribution in [-0.4, -0.2) is 49.1 Å². The van der Waals surface area contributed by atoms with E-state index in [4.69, 9.17) is 5.73 Å². The number of piperazine rings is 1. The van der Waals surface area contributed by atoms with Crippen LogP contribution in [0.3, 0.4) is 0 Å². The summed E-state index contributed by atoms with van der Waals surface area (Å²) in [6, 6.07) is 10.7. The minimum atomic E-state index is 0.526. The highest BCUT2D eigenvalue weighted by Crippen LogP contribution is 2.07. The molecule has 1 N–H and O–H groups in total. The van der Waals surface area contributed by atoms with Crippen LogP contribution < -0.4 is 5.73 Å². The van der Waals surface area contributed by atoms with Gasteiger partial charge in [0, 0.05) is 45.8 Å². The molecule has 0 aliphatic carbocycles. The number of nitrogens with one attached hydrogen (secondary N) is 1. The minimum Gasteiger partial charge on any atom is -0.299 e. The van der Waals surface area contributed by atoms with E-state index in [0.717, 1.165) is 39.3 Å². The molecule has 1 aliphatic heterocycles. The molecule has 0 saturated carbocycles. The largest absolute Gasteiger partial charge is 0.299 e. The van der Waals surface area contributed by atoms with Crippen LogP contribution in [0.25, 0.3) is 0 Å². The van der Waals surface area contributed by atoms with E-state index in [1.807, 2.05) is 0 Å². The van der Waals surface area contributed by atoms with Crippen molar-refractivity contribution in [3.05, 3.63) is 35.9 Å². The highest BCUT2D eigenvalue weighted by molar-refractivity contribution is 5.14. The zero-order chi connectivity index (χ0) is 11.2. The molecule has 1 saturated heterocycles. The molecule has 0 spiro atoms. The van der Waals surface area contributed by atoms with Crippen LogP contribution in [0.15, 0.2) is 30.3 Å². The van der Waals surface area contributed by atoms with Gasteiger partial charge in [0.25, 0.3) is 0 Å². The Morgan fingerprint density at radius 1 is 0.938 bits per heavy atom. The molecule has 2 rings (SSSR count). The summed E-state index contributed by atoms with van der Waals surface area (Å²) in [5.41, 5.74) is 8.61. The number of nitrogens with zero attached hydrogens (tertiary/aromatic N) is 2. The van der Waals surface area contributed by atoms with E-state index < -0.39 is 0 Å². The quantitative estimate of drug-likeness (QED) is 0.757. The van der Waals surface area contributed by atoms with E-state index in [2.05, 4.69) is 40.1 Å². The summed E-state index contributed by atoms with van der Waals surface area (Å²) in [5.74, 6) is 0. The molecule has 16 heavy (non-hydrogen) atoms. The molecule has 0 bridgehead atoms. The smallest absolute Gasteiger partial charge is 0.0234 e. The fraction of sp³-hybridized carbons (Fsp3) is 0.538. The van der Waals surface area contributed by atoms with E-state index in [-0.39, 0.29) is 0 Å². The summed E-state index contributed by atoms with van der Waals surface area (Å²) in [6.45, 7) is 7.02. The molecule has 1 aliphatic rings. The van der Waals surface area contributed by atoms with Crippen molar-refractivity contribution in [3.63, 3.8) is 0 Å². The van der Waals surface area contributed by atoms with Crippen molar-refractivity contribution in [3.8, 4) is 0 Å². The summed E-state index contributed by atoms with van der Waals surface area (Å²) in [7, 11) is 0. The van der Waals surface area contributed by atoms with Gasteiger partial charge < -0.3 is 0 Å². The Bertz CT molecular complexity index is 291. The molecule has 1 radical (unpaired) electrons. The Hall–Kier alpha value is -0.900. The van der Waals surface area contributed by atoms with Crippen LogP contribution in [-0.2, 0) is 6.54 Å². The third kappa shape index (κ3) is 3.30. The van der Waals surface area contributed by atoms with Crippen LogP contribution >= 0.6 is 0 Å². The molecule has 0 amide bonds. The zero-order valence-corrected chi connectivity index (χ0v) is 9.73. The summed E-state index contributed by atoms with van der Waals surface area (Å²) >= 11 is 0. The second-order valence-electron chi connectivity index (χ2n) is 4.35. The number of hydrogen-bond acceptors (Lipinski definition) is 2. The lowest BCUT2D eigenvalue weighted by Gasteiger charge is -2.34. The van der Waals surface area contributed by atoms with Gasteiger partial charge in [-0.15, -0.1) is 0 Å². The van der Waals surface area contributed by atoms with Gasteiger partial charge in [0.1, 0.15) is 0 Å². The summed E-state index contributed by atoms with van der Waals surface area (Å²) in [4.78, 5) is 4.88. The molecule has 0 unspecified atom stereocenters. The Morgan fingerprint density at radius 2 is 1.56 bits per heavy atom. The monoisotopic (exact) mass is 218 g/mol. The molecule has 1 aromatic carbocycles. The topological polar surface area (TPSA) is 30.3 Å². The fourth-order valence-corrected chi connectivity index (χ4v) is 2.17. The zero-order valence-electron chi connectivity index (χ0n) is 9.73. The average Bonchev–Trinajstić information content (AvgIpc) is 2.33. The fourth-order valence-electron chi connectivity index (χ4n) is 2.17. The molecule has 3 nitrogen and oxygen atoms in total. The maximum atomic E-state index is 7.21. The summed E-state index contributed by atoms with van der Waals surface area (Å²) < 4.78 is 0.